The summed E-state index contributed by atoms with van der Waals surface area (Å²) in [6.07, 6.45) is 0.279. The van der Waals surface area contributed by atoms with Crippen LogP contribution in [0.3, 0.4) is 0 Å². The summed E-state index contributed by atoms with van der Waals surface area (Å²) in [7, 11) is 0. The van der Waals surface area contributed by atoms with Gasteiger partial charge < -0.3 is 24.4 Å². The van der Waals surface area contributed by atoms with E-state index < -0.39 is 0 Å². The standard InChI is InChI=1S/C19H25N3O5/c23-17-10-15(12-22(17)5-4-21-6-8-25-9-7-21)19(24)20-11-14-2-1-3-16-18(14)27-13-26-16/h1-3,15H,4-13H2,(H,20,24). The molecular formula is C19H25N3O5. The van der Waals surface area contributed by atoms with Gasteiger partial charge in [0.2, 0.25) is 18.6 Å². The number of nitrogens with one attached hydrogen (secondary N) is 1. The van der Waals surface area contributed by atoms with Crippen LogP contribution in [0.25, 0.3) is 0 Å². The molecule has 27 heavy (non-hydrogen) atoms. The highest BCUT2D eigenvalue weighted by Crippen LogP contribution is 2.35. The summed E-state index contributed by atoms with van der Waals surface area (Å²) in [5.74, 6) is 1.06. The first-order valence-electron chi connectivity index (χ1n) is 9.44. The summed E-state index contributed by atoms with van der Waals surface area (Å²) in [5, 5.41) is 2.94. The Morgan fingerprint density at radius 2 is 2.04 bits per heavy atom. The SMILES string of the molecule is O=C(NCc1cccc2c1OCO2)C1CC(=O)N(CCN2CCOCC2)C1. The minimum atomic E-state index is -0.295. The lowest BCUT2D eigenvalue weighted by molar-refractivity contribution is -0.129. The van der Waals surface area contributed by atoms with Gasteiger partial charge in [-0.3, -0.25) is 14.5 Å². The van der Waals surface area contributed by atoms with Crippen LogP contribution in [0.2, 0.25) is 0 Å². The highest BCUT2D eigenvalue weighted by atomic mass is 16.7. The predicted octanol–water partition coefficient (Wildman–Crippen LogP) is 0.212. The molecule has 0 aliphatic carbocycles. The molecule has 0 radical (unpaired) electrons. The molecule has 3 heterocycles. The van der Waals surface area contributed by atoms with Gasteiger partial charge in [0.05, 0.1) is 19.1 Å². The van der Waals surface area contributed by atoms with Crippen LogP contribution in [0.1, 0.15) is 12.0 Å². The normalized spacial score (nSPS) is 22.3. The molecule has 2 amide bonds. The Balaban J connectivity index is 1.26. The fraction of sp³-hybridized carbons (Fsp3) is 0.579. The smallest absolute Gasteiger partial charge is 0.231 e. The number of nitrogens with zero attached hydrogens (tertiary/aromatic N) is 2. The van der Waals surface area contributed by atoms with E-state index in [2.05, 4.69) is 10.2 Å². The van der Waals surface area contributed by atoms with E-state index >= 15 is 0 Å². The zero-order valence-corrected chi connectivity index (χ0v) is 15.3. The van der Waals surface area contributed by atoms with E-state index in [0.29, 0.717) is 31.1 Å². The van der Waals surface area contributed by atoms with Crippen molar-refractivity contribution in [1.82, 2.24) is 15.1 Å². The molecule has 0 aromatic heterocycles. The van der Waals surface area contributed by atoms with Crippen LogP contribution in [0.4, 0.5) is 0 Å². The Bertz CT molecular complexity index is 705. The summed E-state index contributed by atoms with van der Waals surface area (Å²) in [5.41, 5.74) is 0.881. The van der Waals surface area contributed by atoms with Gasteiger partial charge in [-0.15, -0.1) is 0 Å². The Labute approximate surface area is 158 Å². The topological polar surface area (TPSA) is 80.3 Å². The molecule has 3 aliphatic rings. The van der Waals surface area contributed by atoms with Crippen molar-refractivity contribution in [2.75, 3.05) is 52.7 Å². The van der Waals surface area contributed by atoms with Crippen LogP contribution >= 0.6 is 0 Å². The first kappa shape index (κ1) is 18.1. The summed E-state index contributed by atoms with van der Waals surface area (Å²) < 4.78 is 16.2. The maximum absolute atomic E-state index is 12.5. The molecular weight excluding hydrogens is 350 g/mol. The lowest BCUT2D eigenvalue weighted by atomic mass is 10.1. The van der Waals surface area contributed by atoms with E-state index in [1.807, 2.05) is 18.2 Å². The Morgan fingerprint density at radius 1 is 1.19 bits per heavy atom. The zero-order chi connectivity index (χ0) is 18.6. The Morgan fingerprint density at radius 3 is 2.89 bits per heavy atom. The number of benzene rings is 1. The van der Waals surface area contributed by atoms with Crippen molar-refractivity contribution in [3.8, 4) is 11.5 Å². The number of fused-ring (bicyclic) bond motifs is 1. The molecule has 2 fully saturated rings. The number of morpholine rings is 1. The molecule has 2 saturated heterocycles. The molecule has 0 spiro atoms. The highest BCUT2D eigenvalue weighted by Gasteiger charge is 2.34. The van der Waals surface area contributed by atoms with Gasteiger partial charge in [-0.05, 0) is 6.07 Å². The third kappa shape index (κ3) is 4.17. The van der Waals surface area contributed by atoms with E-state index in [1.54, 1.807) is 4.90 Å². The first-order valence-corrected chi connectivity index (χ1v) is 9.44. The van der Waals surface area contributed by atoms with E-state index in [0.717, 1.165) is 38.4 Å². The van der Waals surface area contributed by atoms with Gasteiger partial charge in [0.1, 0.15) is 0 Å². The largest absolute Gasteiger partial charge is 0.454 e. The van der Waals surface area contributed by atoms with Crippen LogP contribution in [0.5, 0.6) is 11.5 Å². The van der Waals surface area contributed by atoms with Gasteiger partial charge in [0.25, 0.3) is 0 Å². The van der Waals surface area contributed by atoms with Crippen molar-refractivity contribution in [2.45, 2.75) is 13.0 Å². The highest BCUT2D eigenvalue weighted by molar-refractivity contribution is 5.89. The van der Waals surface area contributed by atoms with Crippen molar-refractivity contribution in [2.24, 2.45) is 5.92 Å². The van der Waals surface area contributed by atoms with Gasteiger partial charge in [-0.2, -0.15) is 0 Å². The zero-order valence-electron chi connectivity index (χ0n) is 15.3. The number of carbonyl (C=O) groups is 2. The number of carbonyl (C=O) groups excluding carboxylic acids is 2. The number of amides is 2. The molecule has 1 N–H and O–H groups in total. The van der Waals surface area contributed by atoms with Crippen molar-refractivity contribution < 1.29 is 23.8 Å². The van der Waals surface area contributed by atoms with E-state index in [-0.39, 0.29) is 30.9 Å². The van der Waals surface area contributed by atoms with Gasteiger partial charge in [0.15, 0.2) is 11.5 Å². The van der Waals surface area contributed by atoms with Gasteiger partial charge in [-0.1, -0.05) is 12.1 Å². The summed E-state index contributed by atoms with van der Waals surface area (Å²) >= 11 is 0. The number of hydrogen-bond acceptors (Lipinski definition) is 6. The lowest BCUT2D eigenvalue weighted by Crippen LogP contribution is -2.42. The summed E-state index contributed by atoms with van der Waals surface area (Å²) in [6.45, 7) is 5.85. The second-order valence-electron chi connectivity index (χ2n) is 7.06. The molecule has 1 aromatic carbocycles. The Hall–Kier alpha value is -2.32. The summed E-state index contributed by atoms with van der Waals surface area (Å²) in [6, 6.07) is 5.62. The number of ether oxygens (including phenoxy) is 3. The van der Waals surface area contributed by atoms with Crippen molar-refractivity contribution in [3.63, 3.8) is 0 Å². The van der Waals surface area contributed by atoms with E-state index in [9.17, 15) is 9.59 Å². The molecule has 3 aliphatic heterocycles. The van der Waals surface area contributed by atoms with Crippen LogP contribution in [-0.2, 0) is 20.9 Å². The minimum Gasteiger partial charge on any atom is -0.454 e. The van der Waals surface area contributed by atoms with Gasteiger partial charge in [-0.25, -0.2) is 0 Å². The first-order chi connectivity index (χ1) is 13.2. The molecule has 1 atom stereocenters. The maximum atomic E-state index is 12.5. The molecule has 8 heteroatoms. The average Bonchev–Trinajstić information content (AvgIpc) is 3.32. The number of para-hydroxylation sites is 1. The second-order valence-corrected chi connectivity index (χ2v) is 7.06. The lowest BCUT2D eigenvalue weighted by Gasteiger charge is -2.28. The monoisotopic (exact) mass is 375 g/mol. The molecule has 1 unspecified atom stereocenters. The number of rotatable bonds is 6. The number of hydrogen-bond donors (Lipinski definition) is 1. The molecule has 4 rings (SSSR count). The maximum Gasteiger partial charge on any atom is 0.231 e. The molecule has 1 aromatic rings. The second kappa shape index (κ2) is 8.14. The third-order valence-electron chi connectivity index (χ3n) is 5.31. The fourth-order valence-corrected chi connectivity index (χ4v) is 3.71. The minimum absolute atomic E-state index is 0.0562. The number of likely N-dealkylation sites (tertiary alicyclic amines) is 1. The fourth-order valence-electron chi connectivity index (χ4n) is 3.71. The van der Waals surface area contributed by atoms with Crippen molar-refractivity contribution in [3.05, 3.63) is 23.8 Å². The molecule has 0 saturated carbocycles. The van der Waals surface area contributed by atoms with E-state index in [1.165, 1.54) is 0 Å². The molecule has 146 valence electrons. The van der Waals surface area contributed by atoms with Crippen LogP contribution in [0, 0.1) is 5.92 Å². The van der Waals surface area contributed by atoms with Gasteiger partial charge >= 0.3 is 0 Å². The third-order valence-corrected chi connectivity index (χ3v) is 5.31. The van der Waals surface area contributed by atoms with Crippen molar-refractivity contribution in [1.29, 1.82) is 0 Å². The van der Waals surface area contributed by atoms with Crippen LogP contribution in [0.15, 0.2) is 18.2 Å². The van der Waals surface area contributed by atoms with E-state index in [4.69, 9.17) is 14.2 Å². The molecule has 8 nitrogen and oxygen atoms in total. The molecule has 0 bridgehead atoms. The van der Waals surface area contributed by atoms with Crippen LogP contribution < -0.4 is 14.8 Å². The van der Waals surface area contributed by atoms with Gasteiger partial charge in [0, 0.05) is 51.3 Å². The summed E-state index contributed by atoms with van der Waals surface area (Å²) in [4.78, 5) is 28.9. The predicted molar refractivity (Wildman–Crippen MR) is 96.4 cm³/mol. The Kier molecular flexibility index (Phi) is 5.45. The average molecular weight is 375 g/mol. The van der Waals surface area contributed by atoms with Crippen LogP contribution in [-0.4, -0.2) is 74.3 Å². The quantitative estimate of drug-likeness (QED) is 0.766. The van der Waals surface area contributed by atoms with Crippen molar-refractivity contribution >= 4 is 11.8 Å².